The Hall–Kier alpha value is -2.58. The molecular formula is C22H20Br2N4O2. The SMILES string of the molecule is CC(Br)c1ccnc(N)c1.CC(Br)c1ccnc(N2C(=O)c3ccccc3C2=O)c1. The molecule has 2 amide bonds. The zero-order valence-electron chi connectivity index (χ0n) is 16.4. The molecule has 30 heavy (non-hydrogen) atoms. The Balaban J connectivity index is 0.000000216. The van der Waals surface area contributed by atoms with E-state index in [1.807, 2.05) is 25.1 Å². The van der Waals surface area contributed by atoms with Crippen molar-refractivity contribution in [3.05, 3.63) is 83.2 Å². The average molecular weight is 532 g/mol. The number of nitrogens with two attached hydrogens (primary N) is 1. The fourth-order valence-corrected chi connectivity index (χ4v) is 3.48. The lowest BCUT2D eigenvalue weighted by molar-refractivity contribution is 0.0925. The van der Waals surface area contributed by atoms with Crippen molar-refractivity contribution < 1.29 is 9.59 Å². The number of fused-ring (bicyclic) bond motifs is 1. The Morgan fingerprint density at radius 2 is 1.33 bits per heavy atom. The monoisotopic (exact) mass is 530 g/mol. The molecule has 0 spiro atoms. The highest BCUT2D eigenvalue weighted by molar-refractivity contribution is 9.09. The minimum Gasteiger partial charge on any atom is -0.384 e. The fourth-order valence-electron chi connectivity index (χ4n) is 2.91. The van der Waals surface area contributed by atoms with Gasteiger partial charge in [-0.15, -0.1) is 0 Å². The third kappa shape index (κ3) is 4.76. The molecule has 6 nitrogen and oxygen atoms in total. The van der Waals surface area contributed by atoms with Gasteiger partial charge in [-0.3, -0.25) is 9.59 Å². The van der Waals surface area contributed by atoms with E-state index in [0.29, 0.717) is 27.6 Å². The second kappa shape index (κ2) is 9.49. The lowest BCUT2D eigenvalue weighted by Crippen LogP contribution is -2.30. The molecule has 0 saturated heterocycles. The summed E-state index contributed by atoms with van der Waals surface area (Å²) in [5.41, 5.74) is 8.44. The molecule has 3 heterocycles. The Bertz CT molecular complexity index is 1050. The van der Waals surface area contributed by atoms with Crippen LogP contribution >= 0.6 is 31.9 Å². The lowest BCUT2D eigenvalue weighted by atomic mass is 10.1. The molecule has 8 heteroatoms. The first kappa shape index (κ1) is 22.1. The molecule has 2 aromatic heterocycles. The molecular weight excluding hydrogens is 512 g/mol. The quantitative estimate of drug-likeness (QED) is 0.358. The molecule has 2 atom stereocenters. The first-order valence-corrected chi connectivity index (χ1v) is 11.1. The van der Waals surface area contributed by atoms with Gasteiger partial charge in [-0.1, -0.05) is 44.0 Å². The van der Waals surface area contributed by atoms with Crippen molar-refractivity contribution in [3.8, 4) is 0 Å². The highest BCUT2D eigenvalue weighted by Crippen LogP contribution is 2.29. The van der Waals surface area contributed by atoms with Crippen LogP contribution in [-0.4, -0.2) is 21.8 Å². The molecule has 0 bridgehead atoms. The van der Waals surface area contributed by atoms with Crippen LogP contribution in [0.15, 0.2) is 60.9 Å². The van der Waals surface area contributed by atoms with Gasteiger partial charge in [0.2, 0.25) is 0 Å². The van der Waals surface area contributed by atoms with Gasteiger partial charge in [0.05, 0.1) is 11.1 Å². The van der Waals surface area contributed by atoms with Crippen LogP contribution in [0.4, 0.5) is 11.6 Å². The topological polar surface area (TPSA) is 89.2 Å². The number of pyridine rings is 2. The molecule has 1 aromatic carbocycles. The number of nitrogen functional groups attached to an aromatic ring is 1. The maximum atomic E-state index is 12.3. The highest BCUT2D eigenvalue weighted by atomic mass is 79.9. The number of carbonyl (C=O) groups is 2. The van der Waals surface area contributed by atoms with Gasteiger partial charge in [0.1, 0.15) is 11.6 Å². The number of aromatic nitrogens is 2. The minimum absolute atomic E-state index is 0.124. The number of halogens is 2. The standard InChI is InChI=1S/C15H11BrN2O2.C7H9BrN2/c1-9(16)10-6-7-17-13(8-10)18-14(19)11-4-2-3-5-12(11)15(18)20;1-5(8)6-2-3-10-7(9)4-6/h2-9H,1H3;2-5H,1H3,(H2,9,10). The van der Waals surface area contributed by atoms with Gasteiger partial charge < -0.3 is 5.73 Å². The minimum atomic E-state index is -0.322. The predicted molar refractivity (Wildman–Crippen MR) is 125 cm³/mol. The summed E-state index contributed by atoms with van der Waals surface area (Å²) in [4.78, 5) is 34.3. The number of hydrogen-bond donors (Lipinski definition) is 1. The van der Waals surface area contributed by atoms with Crippen LogP contribution in [0.25, 0.3) is 0 Å². The molecule has 0 fully saturated rings. The van der Waals surface area contributed by atoms with Crippen molar-refractivity contribution >= 4 is 55.3 Å². The summed E-state index contributed by atoms with van der Waals surface area (Å²) in [5, 5.41) is 0. The number of anilines is 2. The van der Waals surface area contributed by atoms with Gasteiger partial charge in [-0.2, -0.15) is 0 Å². The van der Waals surface area contributed by atoms with E-state index < -0.39 is 0 Å². The third-order valence-electron chi connectivity index (χ3n) is 4.52. The van der Waals surface area contributed by atoms with Crippen molar-refractivity contribution in [1.29, 1.82) is 0 Å². The number of nitrogens with zero attached hydrogens (tertiary/aromatic N) is 3. The van der Waals surface area contributed by atoms with Crippen molar-refractivity contribution in [2.45, 2.75) is 23.5 Å². The largest absolute Gasteiger partial charge is 0.384 e. The van der Waals surface area contributed by atoms with Gasteiger partial charge in [0.15, 0.2) is 0 Å². The molecule has 4 rings (SSSR count). The molecule has 2 N–H and O–H groups in total. The summed E-state index contributed by atoms with van der Waals surface area (Å²) in [6, 6.07) is 14.2. The van der Waals surface area contributed by atoms with Gasteiger partial charge in [0, 0.05) is 22.0 Å². The highest BCUT2D eigenvalue weighted by Gasteiger charge is 2.37. The van der Waals surface area contributed by atoms with Crippen LogP contribution in [-0.2, 0) is 0 Å². The van der Waals surface area contributed by atoms with Gasteiger partial charge >= 0.3 is 0 Å². The lowest BCUT2D eigenvalue weighted by Gasteiger charge is -2.14. The molecule has 1 aliphatic heterocycles. The normalized spacial score (nSPS) is 14.6. The van der Waals surface area contributed by atoms with Crippen molar-refractivity contribution in [3.63, 3.8) is 0 Å². The third-order valence-corrected chi connectivity index (χ3v) is 5.57. The van der Waals surface area contributed by atoms with Crippen LogP contribution in [0.3, 0.4) is 0 Å². The number of benzene rings is 1. The van der Waals surface area contributed by atoms with Crippen LogP contribution in [0, 0.1) is 0 Å². The fraction of sp³-hybridized carbons (Fsp3) is 0.182. The molecule has 2 unspecified atom stereocenters. The predicted octanol–water partition coefficient (Wildman–Crippen LogP) is 5.46. The van der Waals surface area contributed by atoms with E-state index >= 15 is 0 Å². The molecule has 0 saturated carbocycles. The number of rotatable bonds is 3. The van der Waals surface area contributed by atoms with Crippen molar-refractivity contribution in [1.82, 2.24) is 9.97 Å². The second-order valence-electron chi connectivity index (χ2n) is 6.68. The van der Waals surface area contributed by atoms with E-state index in [4.69, 9.17) is 5.73 Å². The number of carbonyl (C=O) groups excluding carboxylic acids is 2. The van der Waals surface area contributed by atoms with Crippen LogP contribution in [0.2, 0.25) is 0 Å². The number of alkyl halides is 2. The molecule has 0 radical (unpaired) electrons. The first-order valence-electron chi connectivity index (χ1n) is 9.23. The molecule has 154 valence electrons. The smallest absolute Gasteiger partial charge is 0.267 e. The van der Waals surface area contributed by atoms with Crippen LogP contribution in [0.1, 0.15) is 55.3 Å². The summed E-state index contributed by atoms with van der Waals surface area (Å²) >= 11 is 6.90. The second-order valence-corrected chi connectivity index (χ2v) is 9.43. The number of hydrogen-bond acceptors (Lipinski definition) is 5. The van der Waals surface area contributed by atoms with E-state index in [0.717, 1.165) is 16.0 Å². The van der Waals surface area contributed by atoms with Crippen molar-refractivity contribution in [2.75, 3.05) is 10.6 Å². The number of amides is 2. The van der Waals surface area contributed by atoms with Crippen molar-refractivity contribution in [2.24, 2.45) is 0 Å². The van der Waals surface area contributed by atoms with Gasteiger partial charge in [-0.05, 0) is 61.4 Å². The summed E-state index contributed by atoms with van der Waals surface area (Å²) in [6.07, 6.45) is 3.31. The van der Waals surface area contributed by atoms with Gasteiger partial charge in [0.25, 0.3) is 11.8 Å². The maximum absolute atomic E-state index is 12.3. The zero-order chi connectivity index (χ0) is 21.8. The summed E-state index contributed by atoms with van der Waals surface area (Å²) < 4.78 is 0. The summed E-state index contributed by atoms with van der Waals surface area (Å²) in [5.74, 6) is 0.291. The Labute approximate surface area is 191 Å². The molecule has 1 aliphatic rings. The van der Waals surface area contributed by atoms with E-state index in [1.165, 1.54) is 0 Å². The molecule has 3 aromatic rings. The van der Waals surface area contributed by atoms with E-state index in [-0.39, 0.29) is 16.6 Å². The summed E-state index contributed by atoms with van der Waals surface area (Å²) in [6.45, 7) is 4.02. The van der Waals surface area contributed by atoms with Crippen LogP contribution in [0.5, 0.6) is 0 Å². The summed E-state index contributed by atoms with van der Waals surface area (Å²) in [7, 11) is 0. The van der Waals surface area contributed by atoms with E-state index in [9.17, 15) is 9.59 Å². The zero-order valence-corrected chi connectivity index (χ0v) is 19.6. The van der Waals surface area contributed by atoms with E-state index in [1.54, 1.807) is 42.7 Å². The van der Waals surface area contributed by atoms with Gasteiger partial charge in [-0.25, -0.2) is 14.9 Å². The molecule has 0 aliphatic carbocycles. The maximum Gasteiger partial charge on any atom is 0.267 e. The Morgan fingerprint density at radius 3 is 1.80 bits per heavy atom. The Kier molecular flexibility index (Phi) is 6.99. The van der Waals surface area contributed by atoms with E-state index in [2.05, 4.69) is 48.8 Å². The Morgan fingerprint density at radius 1 is 0.833 bits per heavy atom. The van der Waals surface area contributed by atoms with Crippen LogP contribution < -0.4 is 10.6 Å². The average Bonchev–Trinajstić information content (AvgIpc) is 2.99. The first-order chi connectivity index (χ1) is 14.3. The number of imide groups is 1.